The van der Waals surface area contributed by atoms with E-state index in [9.17, 15) is 13.2 Å². The summed E-state index contributed by atoms with van der Waals surface area (Å²) in [5, 5.41) is 3.19. The molecule has 134 valence electrons. The third-order valence-electron chi connectivity index (χ3n) is 3.97. The van der Waals surface area contributed by atoms with Crippen LogP contribution in [0.3, 0.4) is 0 Å². The highest BCUT2D eigenvalue weighted by Crippen LogP contribution is 2.27. The zero-order valence-electron chi connectivity index (χ0n) is 14.3. The van der Waals surface area contributed by atoms with E-state index < -0.39 is 9.84 Å². The van der Waals surface area contributed by atoms with Crippen molar-refractivity contribution in [1.82, 2.24) is 10.2 Å². The van der Waals surface area contributed by atoms with E-state index in [1.165, 1.54) is 25.2 Å². The quantitative estimate of drug-likeness (QED) is 0.641. The smallest absolute Gasteiger partial charge is 0.236 e. The number of likely N-dealkylation sites (N-methyl/N-ethyl adjacent to an activating group) is 1. The summed E-state index contributed by atoms with van der Waals surface area (Å²) in [6, 6.07) is 6.45. The van der Waals surface area contributed by atoms with Gasteiger partial charge >= 0.3 is 0 Å². The Labute approximate surface area is 144 Å². The first-order valence-electron chi connectivity index (χ1n) is 8.24. The number of amides is 1. The van der Waals surface area contributed by atoms with Crippen LogP contribution in [0.5, 0.6) is 5.75 Å². The van der Waals surface area contributed by atoms with Gasteiger partial charge < -0.3 is 15.0 Å². The Kier molecular flexibility index (Phi) is 6.62. The summed E-state index contributed by atoms with van der Waals surface area (Å²) in [4.78, 5) is 13.9. The van der Waals surface area contributed by atoms with Crippen LogP contribution < -0.4 is 10.1 Å². The number of ether oxygens (including phenoxy) is 1. The molecule has 0 atom stereocenters. The van der Waals surface area contributed by atoms with Crippen LogP contribution in [0.25, 0.3) is 0 Å². The number of nitrogens with zero attached hydrogens (tertiary/aromatic N) is 1. The maximum Gasteiger partial charge on any atom is 0.236 e. The van der Waals surface area contributed by atoms with Crippen LogP contribution in [0.1, 0.15) is 19.3 Å². The molecule has 0 unspecified atom stereocenters. The summed E-state index contributed by atoms with van der Waals surface area (Å²) in [6.07, 6.45) is 4.40. The molecule has 1 amide bonds. The van der Waals surface area contributed by atoms with Crippen molar-refractivity contribution in [2.45, 2.75) is 24.2 Å². The highest BCUT2D eigenvalue weighted by molar-refractivity contribution is 7.90. The minimum absolute atomic E-state index is 0.0784. The zero-order valence-corrected chi connectivity index (χ0v) is 15.1. The summed E-state index contributed by atoms with van der Waals surface area (Å²) >= 11 is 0. The van der Waals surface area contributed by atoms with E-state index in [1.807, 2.05) is 0 Å². The van der Waals surface area contributed by atoms with Gasteiger partial charge in [0.1, 0.15) is 5.75 Å². The molecular formula is C17H26N2O4S. The Morgan fingerprint density at radius 2 is 2.12 bits per heavy atom. The van der Waals surface area contributed by atoms with E-state index in [2.05, 4.69) is 5.32 Å². The van der Waals surface area contributed by atoms with E-state index in [0.29, 0.717) is 31.9 Å². The molecule has 1 aliphatic carbocycles. The van der Waals surface area contributed by atoms with Crippen molar-refractivity contribution < 1.29 is 17.9 Å². The molecule has 24 heavy (non-hydrogen) atoms. The molecule has 0 spiro atoms. The van der Waals surface area contributed by atoms with Crippen molar-refractivity contribution in [1.29, 1.82) is 0 Å². The number of nitrogens with one attached hydrogen (secondary N) is 1. The highest BCUT2D eigenvalue weighted by Gasteiger charge is 2.20. The maximum atomic E-state index is 11.9. The molecule has 6 nitrogen and oxygen atoms in total. The van der Waals surface area contributed by atoms with Gasteiger partial charge in [0, 0.05) is 19.8 Å². The van der Waals surface area contributed by atoms with Gasteiger partial charge in [-0.2, -0.15) is 0 Å². The minimum atomic E-state index is -3.23. The first-order chi connectivity index (χ1) is 11.4. The monoisotopic (exact) mass is 354 g/mol. The standard InChI is InChI=1S/C17H26N2O4S/c1-19(17(20)13-18-12-14-7-8-14)9-4-10-23-15-5-3-6-16(11-15)24(2,21)22/h3,5-6,11,14,18H,4,7-10,12-13H2,1-2H3. The highest BCUT2D eigenvalue weighted by atomic mass is 32.2. The van der Waals surface area contributed by atoms with Gasteiger partial charge in [-0.05, 0) is 49.9 Å². The average molecular weight is 354 g/mol. The first-order valence-corrected chi connectivity index (χ1v) is 10.1. The lowest BCUT2D eigenvalue weighted by atomic mass is 10.3. The van der Waals surface area contributed by atoms with E-state index in [4.69, 9.17) is 4.74 Å². The molecule has 0 heterocycles. The van der Waals surface area contributed by atoms with Crippen LogP contribution in [0.15, 0.2) is 29.2 Å². The molecule has 0 bridgehead atoms. The van der Waals surface area contributed by atoms with Gasteiger partial charge in [-0.25, -0.2) is 8.42 Å². The number of sulfone groups is 1. The second-order valence-corrected chi connectivity index (χ2v) is 8.35. The molecule has 1 aliphatic rings. The van der Waals surface area contributed by atoms with Gasteiger partial charge in [-0.3, -0.25) is 4.79 Å². The Bertz CT molecular complexity index is 656. The lowest BCUT2D eigenvalue weighted by molar-refractivity contribution is -0.129. The van der Waals surface area contributed by atoms with E-state index in [-0.39, 0.29) is 10.8 Å². The van der Waals surface area contributed by atoms with Crippen LogP contribution in [0, 0.1) is 5.92 Å². The lowest BCUT2D eigenvalue weighted by Crippen LogP contribution is -2.37. The molecule has 1 N–H and O–H groups in total. The van der Waals surface area contributed by atoms with Gasteiger partial charge in [0.15, 0.2) is 9.84 Å². The van der Waals surface area contributed by atoms with Gasteiger partial charge in [0.2, 0.25) is 5.91 Å². The van der Waals surface area contributed by atoms with Crippen LogP contribution in [-0.4, -0.2) is 58.8 Å². The fourth-order valence-electron chi connectivity index (χ4n) is 2.25. The van der Waals surface area contributed by atoms with Gasteiger partial charge in [-0.15, -0.1) is 0 Å². The molecule has 7 heteroatoms. The van der Waals surface area contributed by atoms with Crippen molar-refractivity contribution >= 4 is 15.7 Å². The Balaban J connectivity index is 1.65. The van der Waals surface area contributed by atoms with E-state index >= 15 is 0 Å². The normalized spacial score (nSPS) is 14.4. The van der Waals surface area contributed by atoms with Crippen molar-refractivity contribution in [3.8, 4) is 5.75 Å². The Morgan fingerprint density at radius 3 is 2.79 bits per heavy atom. The van der Waals surface area contributed by atoms with E-state index in [1.54, 1.807) is 30.1 Å². The van der Waals surface area contributed by atoms with Crippen molar-refractivity contribution in [3.63, 3.8) is 0 Å². The Hall–Kier alpha value is -1.60. The Morgan fingerprint density at radius 1 is 1.38 bits per heavy atom. The number of benzene rings is 1. The number of carbonyl (C=O) groups excluding carboxylic acids is 1. The number of rotatable bonds is 10. The second kappa shape index (κ2) is 8.48. The van der Waals surface area contributed by atoms with Crippen LogP contribution in [0.2, 0.25) is 0 Å². The molecule has 0 aliphatic heterocycles. The summed E-state index contributed by atoms with van der Waals surface area (Å²) in [7, 11) is -1.45. The summed E-state index contributed by atoms with van der Waals surface area (Å²) < 4.78 is 28.6. The summed E-state index contributed by atoms with van der Waals surface area (Å²) in [5.74, 6) is 1.37. The zero-order chi connectivity index (χ0) is 17.6. The predicted molar refractivity (Wildman–Crippen MR) is 92.9 cm³/mol. The van der Waals surface area contributed by atoms with Crippen LogP contribution >= 0.6 is 0 Å². The number of hydrogen-bond donors (Lipinski definition) is 1. The minimum Gasteiger partial charge on any atom is -0.493 e. The van der Waals surface area contributed by atoms with Crippen LogP contribution in [0.4, 0.5) is 0 Å². The molecule has 0 radical (unpaired) electrons. The largest absolute Gasteiger partial charge is 0.493 e. The molecular weight excluding hydrogens is 328 g/mol. The number of hydrogen-bond acceptors (Lipinski definition) is 5. The van der Waals surface area contributed by atoms with Gasteiger partial charge in [-0.1, -0.05) is 6.07 Å². The topological polar surface area (TPSA) is 75.7 Å². The molecule has 2 rings (SSSR count). The lowest BCUT2D eigenvalue weighted by Gasteiger charge is -2.17. The SMILES string of the molecule is CN(CCCOc1cccc(S(C)(=O)=O)c1)C(=O)CNCC1CC1. The fourth-order valence-corrected chi connectivity index (χ4v) is 2.91. The van der Waals surface area contributed by atoms with E-state index in [0.717, 1.165) is 12.5 Å². The van der Waals surface area contributed by atoms with Crippen molar-refractivity contribution in [2.75, 3.05) is 39.5 Å². The third kappa shape index (κ3) is 6.49. The molecule has 0 aromatic heterocycles. The molecule has 1 fully saturated rings. The molecule has 1 aromatic rings. The summed E-state index contributed by atoms with van der Waals surface area (Å²) in [5.41, 5.74) is 0. The average Bonchev–Trinajstić information content (AvgIpc) is 3.35. The van der Waals surface area contributed by atoms with Gasteiger partial charge in [0.05, 0.1) is 18.0 Å². The molecule has 1 aromatic carbocycles. The predicted octanol–water partition coefficient (Wildman–Crippen LogP) is 1.32. The van der Waals surface area contributed by atoms with Crippen molar-refractivity contribution in [2.24, 2.45) is 5.92 Å². The summed E-state index contributed by atoms with van der Waals surface area (Å²) in [6.45, 7) is 2.35. The molecule has 1 saturated carbocycles. The van der Waals surface area contributed by atoms with Gasteiger partial charge in [0.25, 0.3) is 0 Å². The maximum absolute atomic E-state index is 11.9. The first kappa shape index (κ1) is 18.7. The third-order valence-corrected chi connectivity index (χ3v) is 5.08. The van der Waals surface area contributed by atoms with Crippen molar-refractivity contribution in [3.05, 3.63) is 24.3 Å². The second-order valence-electron chi connectivity index (χ2n) is 6.34. The molecule has 0 saturated heterocycles. The number of carbonyl (C=O) groups is 1. The van der Waals surface area contributed by atoms with Crippen LogP contribution in [-0.2, 0) is 14.6 Å². The fraction of sp³-hybridized carbons (Fsp3) is 0.588.